The molecule has 4 atom stereocenters. The lowest BCUT2D eigenvalue weighted by atomic mass is 9.89. The van der Waals surface area contributed by atoms with Crippen molar-refractivity contribution in [3.8, 4) is 11.1 Å². The molecule has 2 N–H and O–H groups in total. The summed E-state index contributed by atoms with van der Waals surface area (Å²) in [6, 6.07) is 33.7. The SMILES string of the molecule is C[C@H]1[C@@H](CN2CCN(c3ncccn3)CC2)O[C@@H](c2ccc(-c3ccccc3CNC(=O)c3cnc4ccccc4n3)cc2)O[C@H]1c1ccc(CO)cc1. The maximum absolute atomic E-state index is 13.1. The van der Waals surface area contributed by atoms with E-state index in [9.17, 15) is 9.90 Å². The summed E-state index contributed by atoms with van der Waals surface area (Å²) in [5, 5.41) is 12.7. The molecule has 0 aliphatic carbocycles. The normalized spacial score (nSPS) is 20.5. The number of nitrogens with zero attached hydrogens (tertiary/aromatic N) is 6. The van der Waals surface area contributed by atoms with E-state index < -0.39 is 6.29 Å². The third-order valence-electron chi connectivity index (χ3n) is 10.4. The van der Waals surface area contributed by atoms with Crippen LogP contribution in [0.3, 0.4) is 0 Å². The minimum absolute atomic E-state index is 0.00327. The zero-order valence-corrected chi connectivity index (χ0v) is 30.2. The topological polar surface area (TPSA) is 126 Å². The average Bonchev–Trinajstić information content (AvgIpc) is 3.24. The zero-order chi connectivity index (χ0) is 36.9. The van der Waals surface area contributed by atoms with Crippen LogP contribution >= 0.6 is 0 Å². The van der Waals surface area contributed by atoms with Gasteiger partial charge in [0.1, 0.15) is 5.69 Å². The number of hydrogen-bond acceptors (Lipinski definition) is 10. The zero-order valence-electron chi connectivity index (χ0n) is 30.2. The molecule has 0 radical (unpaired) electrons. The fourth-order valence-electron chi connectivity index (χ4n) is 7.28. The fraction of sp³-hybridized carbons (Fsp3) is 0.279. The lowest BCUT2D eigenvalue weighted by Gasteiger charge is -2.44. The first-order valence-electron chi connectivity index (χ1n) is 18.5. The van der Waals surface area contributed by atoms with Crippen molar-refractivity contribution in [2.75, 3.05) is 37.6 Å². The summed E-state index contributed by atoms with van der Waals surface area (Å²) in [5.74, 6) is 0.575. The molecule has 274 valence electrons. The number of amides is 1. The van der Waals surface area contributed by atoms with Gasteiger partial charge in [0.25, 0.3) is 5.91 Å². The Morgan fingerprint density at radius 2 is 1.50 bits per heavy atom. The average molecular weight is 722 g/mol. The van der Waals surface area contributed by atoms with Crippen LogP contribution < -0.4 is 10.2 Å². The highest BCUT2D eigenvalue weighted by molar-refractivity contribution is 5.93. The Bertz CT molecular complexity index is 2180. The van der Waals surface area contributed by atoms with Crippen molar-refractivity contribution in [2.24, 2.45) is 5.92 Å². The molecule has 2 aliphatic rings. The fourth-order valence-corrected chi connectivity index (χ4v) is 7.28. The van der Waals surface area contributed by atoms with Crippen LogP contribution in [0.15, 0.2) is 122 Å². The number of aliphatic hydroxyl groups is 1. The summed E-state index contributed by atoms with van der Waals surface area (Å²) in [5.41, 5.74) is 7.59. The number of carbonyl (C=O) groups excluding carboxylic acids is 1. The van der Waals surface area contributed by atoms with E-state index >= 15 is 0 Å². The minimum atomic E-state index is -0.570. The Balaban J connectivity index is 0.977. The molecule has 0 unspecified atom stereocenters. The standard InChI is InChI=1S/C43H43N7O4/c1-29-39(27-49-21-23-50(24-22-49)43-44-19-6-20-45-43)53-42(54-40(29)32-13-11-30(28-51)12-14-32)33-17-15-31(16-18-33)35-8-3-2-7-34(35)25-47-41(52)38-26-46-36-9-4-5-10-37(36)48-38/h2-20,26,29,39-40,42,51H,21-25,27-28H2,1H3,(H,47,52)/t29-,39+,40+,42+/m0/s1. The van der Waals surface area contributed by atoms with Gasteiger partial charge >= 0.3 is 0 Å². The van der Waals surface area contributed by atoms with Gasteiger partial charge in [0.15, 0.2) is 6.29 Å². The van der Waals surface area contributed by atoms with E-state index in [0.29, 0.717) is 12.1 Å². The number of anilines is 1. The number of benzene rings is 4. The molecule has 0 saturated carbocycles. The molecule has 2 aliphatic heterocycles. The number of aromatic nitrogens is 4. The number of ether oxygens (including phenoxy) is 2. The number of carbonyl (C=O) groups is 1. The lowest BCUT2D eigenvalue weighted by molar-refractivity contribution is -0.276. The molecule has 8 rings (SSSR count). The summed E-state index contributed by atoms with van der Waals surface area (Å²) in [6.07, 6.45) is 4.24. The van der Waals surface area contributed by atoms with Gasteiger partial charge in [-0.3, -0.25) is 14.7 Å². The second-order valence-corrected chi connectivity index (χ2v) is 13.9. The Labute approximate surface area is 314 Å². The molecule has 1 amide bonds. The maximum Gasteiger partial charge on any atom is 0.271 e. The molecule has 0 bridgehead atoms. The van der Waals surface area contributed by atoms with Crippen molar-refractivity contribution in [2.45, 2.75) is 38.6 Å². The Morgan fingerprint density at radius 3 is 2.26 bits per heavy atom. The van der Waals surface area contributed by atoms with Crippen LogP contribution in [0.25, 0.3) is 22.2 Å². The molecular weight excluding hydrogens is 679 g/mol. The first-order chi connectivity index (χ1) is 26.5. The Kier molecular flexibility index (Phi) is 10.6. The van der Waals surface area contributed by atoms with E-state index in [1.807, 2.05) is 60.7 Å². The number of hydrogen-bond donors (Lipinski definition) is 2. The number of aliphatic hydroxyl groups excluding tert-OH is 1. The highest BCUT2D eigenvalue weighted by Crippen LogP contribution is 2.42. The van der Waals surface area contributed by atoms with Crippen molar-refractivity contribution in [3.63, 3.8) is 0 Å². The van der Waals surface area contributed by atoms with Gasteiger partial charge in [0.2, 0.25) is 5.95 Å². The number of piperazine rings is 1. The molecule has 11 heteroatoms. The van der Waals surface area contributed by atoms with Gasteiger partial charge < -0.3 is 24.8 Å². The summed E-state index contributed by atoms with van der Waals surface area (Å²) < 4.78 is 13.6. The molecule has 2 aromatic heterocycles. The van der Waals surface area contributed by atoms with Gasteiger partial charge in [-0.05, 0) is 46.0 Å². The summed E-state index contributed by atoms with van der Waals surface area (Å²) in [4.78, 5) is 35.5. The van der Waals surface area contributed by atoms with Gasteiger partial charge in [0, 0.05) is 63.1 Å². The van der Waals surface area contributed by atoms with Crippen LogP contribution in [0.5, 0.6) is 0 Å². The van der Waals surface area contributed by atoms with E-state index in [1.165, 1.54) is 6.20 Å². The Hall–Kier alpha value is -5.59. The highest BCUT2D eigenvalue weighted by atomic mass is 16.7. The number of fused-ring (bicyclic) bond motifs is 1. The van der Waals surface area contributed by atoms with Crippen molar-refractivity contribution in [3.05, 3.63) is 150 Å². The quantitative estimate of drug-likeness (QED) is 0.171. The van der Waals surface area contributed by atoms with Gasteiger partial charge in [0.05, 0.1) is 36.0 Å². The highest BCUT2D eigenvalue weighted by Gasteiger charge is 2.39. The van der Waals surface area contributed by atoms with E-state index in [2.05, 4.69) is 84.4 Å². The molecule has 2 fully saturated rings. The molecular formula is C43H43N7O4. The molecule has 54 heavy (non-hydrogen) atoms. The van der Waals surface area contributed by atoms with Crippen LogP contribution in [0.1, 0.15) is 52.1 Å². The molecule has 11 nitrogen and oxygen atoms in total. The van der Waals surface area contributed by atoms with Gasteiger partial charge in [-0.2, -0.15) is 0 Å². The molecule has 6 aromatic rings. The third-order valence-corrected chi connectivity index (χ3v) is 10.4. The van der Waals surface area contributed by atoms with Crippen molar-refractivity contribution < 1.29 is 19.4 Å². The minimum Gasteiger partial charge on any atom is -0.392 e. The van der Waals surface area contributed by atoms with Crippen molar-refractivity contribution >= 4 is 22.9 Å². The van der Waals surface area contributed by atoms with Gasteiger partial charge in [-0.25, -0.2) is 15.0 Å². The maximum atomic E-state index is 13.1. The summed E-state index contributed by atoms with van der Waals surface area (Å²) >= 11 is 0. The molecule has 2 saturated heterocycles. The first-order valence-corrected chi connectivity index (χ1v) is 18.5. The largest absolute Gasteiger partial charge is 0.392 e. The predicted octanol–water partition coefficient (Wildman–Crippen LogP) is 6.12. The molecule has 4 heterocycles. The van der Waals surface area contributed by atoms with Gasteiger partial charge in [-0.15, -0.1) is 0 Å². The van der Waals surface area contributed by atoms with Crippen LogP contribution in [0.4, 0.5) is 5.95 Å². The monoisotopic (exact) mass is 721 g/mol. The second-order valence-electron chi connectivity index (χ2n) is 13.9. The molecule has 4 aromatic carbocycles. The van der Waals surface area contributed by atoms with Crippen LogP contribution in [0.2, 0.25) is 0 Å². The van der Waals surface area contributed by atoms with Crippen LogP contribution in [-0.2, 0) is 22.6 Å². The third kappa shape index (κ3) is 7.85. The second kappa shape index (κ2) is 16.2. The van der Waals surface area contributed by atoms with E-state index in [1.54, 1.807) is 12.4 Å². The van der Waals surface area contributed by atoms with Crippen molar-refractivity contribution in [1.82, 2.24) is 30.2 Å². The molecule has 0 spiro atoms. The first kappa shape index (κ1) is 35.4. The van der Waals surface area contributed by atoms with E-state index in [4.69, 9.17) is 9.47 Å². The number of para-hydroxylation sites is 2. The smallest absolute Gasteiger partial charge is 0.271 e. The van der Waals surface area contributed by atoms with E-state index in [0.717, 1.165) is 77.6 Å². The summed E-state index contributed by atoms with van der Waals surface area (Å²) in [7, 11) is 0. The van der Waals surface area contributed by atoms with Crippen LogP contribution in [-0.4, -0.2) is 74.7 Å². The lowest BCUT2D eigenvalue weighted by Crippen LogP contribution is -2.51. The van der Waals surface area contributed by atoms with E-state index in [-0.39, 0.29) is 36.3 Å². The van der Waals surface area contributed by atoms with Crippen molar-refractivity contribution in [1.29, 1.82) is 0 Å². The summed E-state index contributed by atoms with van der Waals surface area (Å²) in [6.45, 7) is 6.78. The number of rotatable bonds is 10. The van der Waals surface area contributed by atoms with Gasteiger partial charge in [-0.1, -0.05) is 91.9 Å². The number of nitrogens with one attached hydrogen (secondary N) is 1. The Morgan fingerprint density at radius 1 is 0.796 bits per heavy atom. The van der Waals surface area contributed by atoms with Crippen LogP contribution in [0, 0.1) is 5.92 Å². The predicted molar refractivity (Wildman–Crippen MR) is 206 cm³/mol.